The predicted molar refractivity (Wildman–Crippen MR) is 88.3 cm³/mol. The first-order valence-electron chi connectivity index (χ1n) is 7.39. The summed E-state index contributed by atoms with van der Waals surface area (Å²) in [5, 5.41) is 14.7. The summed E-state index contributed by atoms with van der Waals surface area (Å²) in [5.41, 5.74) is 0.586. The van der Waals surface area contributed by atoms with E-state index in [9.17, 15) is 10.1 Å². The quantitative estimate of drug-likeness (QED) is 0.491. The number of nitro benzene ring substituents is 1. The molecule has 1 aliphatic rings. The number of fused-ring (bicyclic) bond motifs is 1. The highest BCUT2D eigenvalue weighted by Crippen LogP contribution is 2.35. The number of hydrogen-bond donors (Lipinski definition) is 0. The molecular weight excluding hydrogens is 366 g/mol. The zero-order valence-electron chi connectivity index (χ0n) is 13.0. The van der Waals surface area contributed by atoms with Crippen LogP contribution in [0.2, 0.25) is 5.02 Å². The lowest BCUT2D eigenvalue weighted by atomic mass is 10.2. The molecule has 1 aliphatic heterocycles. The summed E-state index contributed by atoms with van der Waals surface area (Å²) in [6.45, 7) is 0.148. The maximum Gasteiger partial charge on any atom is 0.271 e. The summed E-state index contributed by atoms with van der Waals surface area (Å²) >= 11 is 5.97. The van der Waals surface area contributed by atoms with Gasteiger partial charge in [-0.05, 0) is 24.3 Å². The molecule has 10 heteroatoms. The standard InChI is InChI=1S/C16H10ClN3O6/c17-11-6-10(20(21)22)2-4-12(11)23-7-15-18-16(19-26-15)9-1-3-13-14(5-9)25-8-24-13/h1-6H,7-8H2. The maximum atomic E-state index is 10.7. The third-order valence-electron chi connectivity index (χ3n) is 3.58. The Morgan fingerprint density at radius 1 is 1.19 bits per heavy atom. The Morgan fingerprint density at radius 2 is 2.04 bits per heavy atom. The van der Waals surface area contributed by atoms with Gasteiger partial charge >= 0.3 is 0 Å². The molecule has 26 heavy (non-hydrogen) atoms. The largest absolute Gasteiger partial charge is 0.482 e. The molecule has 0 amide bonds. The van der Waals surface area contributed by atoms with Crippen molar-refractivity contribution in [3.8, 4) is 28.6 Å². The van der Waals surface area contributed by atoms with Gasteiger partial charge in [0.1, 0.15) is 5.75 Å². The molecule has 1 aromatic heterocycles. The first kappa shape index (κ1) is 16.2. The van der Waals surface area contributed by atoms with Crippen LogP contribution in [0.15, 0.2) is 40.9 Å². The molecule has 3 aromatic rings. The van der Waals surface area contributed by atoms with Crippen molar-refractivity contribution in [2.45, 2.75) is 6.61 Å². The van der Waals surface area contributed by atoms with Crippen molar-refractivity contribution >= 4 is 17.3 Å². The third kappa shape index (κ3) is 3.11. The van der Waals surface area contributed by atoms with Crippen molar-refractivity contribution in [3.63, 3.8) is 0 Å². The van der Waals surface area contributed by atoms with Crippen LogP contribution in [-0.4, -0.2) is 21.9 Å². The van der Waals surface area contributed by atoms with Crippen LogP contribution in [0.4, 0.5) is 5.69 Å². The summed E-state index contributed by atoms with van der Waals surface area (Å²) in [5.74, 6) is 2.15. The van der Waals surface area contributed by atoms with Crippen LogP contribution in [0.25, 0.3) is 11.4 Å². The summed E-state index contributed by atoms with van der Waals surface area (Å²) in [6.07, 6.45) is 0. The Morgan fingerprint density at radius 3 is 2.85 bits per heavy atom. The van der Waals surface area contributed by atoms with E-state index in [-0.39, 0.29) is 35.8 Å². The predicted octanol–water partition coefficient (Wildman–Crippen LogP) is 3.61. The molecule has 4 rings (SSSR count). The minimum Gasteiger partial charge on any atom is -0.482 e. The van der Waals surface area contributed by atoms with E-state index in [0.717, 1.165) is 0 Å². The Balaban J connectivity index is 1.46. The molecule has 0 atom stereocenters. The number of rotatable bonds is 5. The lowest BCUT2D eigenvalue weighted by molar-refractivity contribution is -0.384. The average Bonchev–Trinajstić information content (AvgIpc) is 3.29. The minimum atomic E-state index is -0.536. The second-order valence-electron chi connectivity index (χ2n) is 5.24. The first-order valence-corrected chi connectivity index (χ1v) is 7.77. The van der Waals surface area contributed by atoms with Crippen molar-refractivity contribution in [3.05, 3.63) is 57.4 Å². The fraction of sp³-hybridized carbons (Fsp3) is 0.125. The van der Waals surface area contributed by atoms with Crippen LogP contribution in [0, 0.1) is 10.1 Å². The van der Waals surface area contributed by atoms with Gasteiger partial charge in [0.05, 0.1) is 9.95 Å². The van der Waals surface area contributed by atoms with Crippen molar-refractivity contribution in [1.29, 1.82) is 0 Å². The van der Waals surface area contributed by atoms with E-state index in [0.29, 0.717) is 22.9 Å². The molecule has 132 valence electrons. The van der Waals surface area contributed by atoms with E-state index < -0.39 is 4.92 Å². The normalized spacial score (nSPS) is 12.2. The smallest absolute Gasteiger partial charge is 0.271 e. The molecule has 2 heterocycles. The number of halogens is 1. The Labute approximate surface area is 151 Å². The van der Waals surface area contributed by atoms with Crippen LogP contribution in [0.1, 0.15) is 5.89 Å². The SMILES string of the molecule is O=[N+]([O-])c1ccc(OCc2nc(-c3ccc4c(c3)OCO4)no2)c(Cl)c1. The minimum absolute atomic E-state index is 0.0327. The fourth-order valence-electron chi connectivity index (χ4n) is 2.33. The zero-order valence-corrected chi connectivity index (χ0v) is 13.8. The molecule has 0 aliphatic carbocycles. The Bertz CT molecular complexity index is 990. The van der Waals surface area contributed by atoms with Gasteiger partial charge < -0.3 is 18.7 Å². The topological polar surface area (TPSA) is 110 Å². The molecule has 0 saturated carbocycles. The van der Waals surface area contributed by atoms with Crippen LogP contribution >= 0.6 is 11.6 Å². The Kier molecular flexibility index (Phi) is 4.05. The van der Waals surface area contributed by atoms with Gasteiger partial charge in [0.25, 0.3) is 11.6 Å². The highest BCUT2D eigenvalue weighted by atomic mass is 35.5. The molecule has 0 fully saturated rings. The van der Waals surface area contributed by atoms with Crippen LogP contribution < -0.4 is 14.2 Å². The lowest BCUT2D eigenvalue weighted by Gasteiger charge is -2.04. The highest BCUT2D eigenvalue weighted by Gasteiger charge is 2.17. The number of aromatic nitrogens is 2. The van der Waals surface area contributed by atoms with E-state index in [1.807, 2.05) is 0 Å². The number of nitro groups is 1. The molecule has 0 bridgehead atoms. The van der Waals surface area contributed by atoms with Gasteiger partial charge in [-0.1, -0.05) is 16.8 Å². The van der Waals surface area contributed by atoms with Crippen LogP contribution in [0.5, 0.6) is 17.2 Å². The first-order chi connectivity index (χ1) is 12.6. The van der Waals surface area contributed by atoms with Gasteiger partial charge in [0.2, 0.25) is 12.6 Å². The van der Waals surface area contributed by atoms with E-state index in [1.165, 1.54) is 18.2 Å². The van der Waals surface area contributed by atoms with Crippen molar-refractivity contribution in [2.75, 3.05) is 6.79 Å². The van der Waals surface area contributed by atoms with E-state index in [1.54, 1.807) is 18.2 Å². The summed E-state index contributed by atoms with van der Waals surface area (Å²) in [4.78, 5) is 14.4. The van der Waals surface area contributed by atoms with Crippen LogP contribution in [-0.2, 0) is 6.61 Å². The molecular formula is C16H10ClN3O6. The lowest BCUT2D eigenvalue weighted by Crippen LogP contribution is -1.97. The molecule has 2 aromatic carbocycles. The average molecular weight is 376 g/mol. The number of benzene rings is 2. The van der Waals surface area contributed by atoms with E-state index in [2.05, 4.69) is 10.1 Å². The summed E-state index contributed by atoms with van der Waals surface area (Å²) in [6, 6.07) is 9.23. The van der Waals surface area contributed by atoms with E-state index in [4.69, 9.17) is 30.3 Å². The monoisotopic (exact) mass is 375 g/mol. The van der Waals surface area contributed by atoms with Gasteiger partial charge in [-0.3, -0.25) is 10.1 Å². The number of non-ortho nitro benzene ring substituents is 1. The summed E-state index contributed by atoms with van der Waals surface area (Å²) < 4.78 is 21.2. The van der Waals surface area contributed by atoms with Gasteiger partial charge in [-0.2, -0.15) is 4.98 Å². The maximum absolute atomic E-state index is 10.7. The molecule has 0 N–H and O–H groups in total. The summed E-state index contributed by atoms with van der Waals surface area (Å²) in [7, 11) is 0. The molecule has 0 radical (unpaired) electrons. The van der Waals surface area contributed by atoms with E-state index >= 15 is 0 Å². The molecule has 9 nitrogen and oxygen atoms in total. The molecule has 0 unspecified atom stereocenters. The zero-order chi connectivity index (χ0) is 18.1. The number of ether oxygens (including phenoxy) is 3. The van der Waals surface area contributed by atoms with Gasteiger partial charge in [-0.25, -0.2) is 0 Å². The Hall–Kier alpha value is -3.33. The molecule has 0 spiro atoms. The van der Waals surface area contributed by atoms with Gasteiger partial charge in [0, 0.05) is 17.7 Å². The van der Waals surface area contributed by atoms with Crippen molar-refractivity contribution in [2.24, 2.45) is 0 Å². The second kappa shape index (κ2) is 6.52. The molecule has 0 saturated heterocycles. The van der Waals surface area contributed by atoms with Crippen molar-refractivity contribution in [1.82, 2.24) is 10.1 Å². The fourth-order valence-corrected chi connectivity index (χ4v) is 2.56. The third-order valence-corrected chi connectivity index (χ3v) is 3.87. The number of hydrogen-bond acceptors (Lipinski definition) is 8. The second-order valence-corrected chi connectivity index (χ2v) is 5.65. The van der Waals surface area contributed by atoms with Crippen LogP contribution in [0.3, 0.4) is 0 Å². The van der Waals surface area contributed by atoms with Crippen molar-refractivity contribution < 1.29 is 23.7 Å². The number of nitrogens with zero attached hydrogens (tertiary/aromatic N) is 3. The highest BCUT2D eigenvalue weighted by molar-refractivity contribution is 6.32. The van der Waals surface area contributed by atoms with Gasteiger partial charge in [0.15, 0.2) is 18.1 Å². The van der Waals surface area contributed by atoms with Gasteiger partial charge in [-0.15, -0.1) is 0 Å².